The fraction of sp³-hybridized carbons (Fsp3) is 1.00. The molecule has 2 rings (SSSR count). The van der Waals surface area contributed by atoms with Crippen LogP contribution in [0.4, 0.5) is 0 Å². The van der Waals surface area contributed by atoms with Crippen LogP contribution in [0.3, 0.4) is 0 Å². The van der Waals surface area contributed by atoms with Gasteiger partial charge >= 0.3 is 0 Å². The molecule has 0 amide bonds. The van der Waals surface area contributed by atoms with E-state index >= 15 is 0 Å². The van der Waals surface area contributed by atoms with Gasteiger partial charge in [-0.15, -0.1) is 12.4 Å². The van der Waals surface area contributed by atoms with Gasteiger partial charge in [0, 0.05) is 11.1 Å². The Morgan fingerprint density at radius 1 is 1.25 bits per heavy atom. The number of hydrogen-bond donors (Lipinski definition) is 2. The first-order chi connectivity index (χ1) is 5.02. The highest BCUT2D eigenvalue weighted by Gasteiger charge is 2.50. The maximum Gasteiger partial charge on any atom is 0.0575 e. The zero-order valence-electron chi connectivity index (χ0n) is 7.76. The monoisotopic (exact) mass is 191 g/mol. The molecule has 1 atom stereocenters. The predicted molar refractivity (Wildman–Crippen MR) is 51.7 cm³/mol. The van der Waals surface area contributed by atoms with Crippen LogP contribution in [0.1, 0.15) is 39.5 Å². The molecule has 3 heteroatoms. The molecular weight excluding hydrogens is 174 g/mol. The SMILES string of the molecule is CC1(C)CC(O)CC2(CC2)N1.Cl. The zero-order chi connectivity index (χ0) is 8.11. The summed E-state index contributed by atoms with van der Waals surface area (Å²) in [6.45, 7) is 4.35. The molecule has 2 aliphatic rings. The summed E-state index contributed by atoms with van der Waals surface area (Å²) in [5, 5.41) is 13.2. The van der Waals surface area contributed by atoms with Crippen LogP contribution in [0.2, 0.25) is 0 Å². The van der Waals surface area contributed by atoms with Gasteiger partial charge in [0.25, 0.3) is 0 Å². The van der Waals surface area contributed by atoms with E-state index in [-0.39, 0.29) is 24.0 Å². The molecule has 1 aliphatic carbocycles. The lowest BCUT2D eigenvalue weighted by molar-refractivity contribution is 0.0598. The largest absolute Gasteiger partial charge is 0.393 e. The summed E-state index contributed by atoms with van der Waals surface area (Å²) in [6, 6.07) is 0. The van der Waals surface area contributed by atoms with Crippen LogP contribution in [0.5, 0.6) is 0 Å². The van der Waals surface area contributed by atoms with Gasteiger partial charge in [-0.2, -0.15) is 0 Å². The van der Waals surface area contributed by atoms with Crippen molar-refractivity contribution in [2.24, 2.45) is 0 Å². The molecule has 2 nitrogen and oxygen atoms in total. The molecule has 1 unspecified atom stereocenters. The first-order valence-electron chi connectivity index (χ1n) is 4.49. The first kappa shape index (κ1) is 10.3. The Hall–Kier alpha value is 0.210. The van der Waals surface area contributed by atoms with E-state index in [1.165, 1.54) is 12.8 Å². The number of rotatable bonds is 0. The van der Waals surface area contributed by atoms with E-state index in [4.69, 9.17) is 0 Å². The lowest BCUT2D eigenvalue weighted by Gasteiger charge is -2.40. The van der Waals surface area contributed by atoms with Crippen molar-refractivity contribution in [1.29, 1.82) is 0 Å². The Balaban J connectivity index is 0.000000720. The number of nitrogens with one attached hydrogen (secondary N) is 1. The first-order valence-corrected chi connectivity index (χ1v) is 4.49. The summed E-state index contributed by atoms with van der Waals surface area (Å²) < 4.78 is 0. The molecule has 0 aromatic rings. The Morgan fingerprint density at radius 3 is 2.25 bits per heavy atom. The smallest absolute Gasteiger partial charge is 0.0575 e. The van der Waals surface area contributed by atoms with Crippen molar-refractivity contribution < 1.29 is 5.11 Å². The van der Waals surface area contributed by atoms with Gasteiger partial charge in [-0.3, -0.25) is 0 Å². The summed E-state index contributed by atoms with van der Waals surface area (Å²) in [4.78, 5) is 0. The molecule has 12 heavy (non-hydrogen) atoms. The average molecular weight is 192 g/mol. The van der Waals surface area contributed by atoms with Crippen LogP contribution in [0.15, 0.2) is 0 Å². The number of piperidine rings is 1. The molecule has 72 valence electrons. The second-order valence-electron chi connectivity index (χ2n) is 4.85. The van der Waals surface area contributed by atoms with Crippen molar-refractivity contribution in [3.05, 3.63) is 0 Å². The number of hydrogen-bond acceptors (Lipinski definition) is 2. The molecule has 0 aromatic heterocycles. The van der Waals surface area contributed by atoms with Gasteiger partial charge < -0.3 is 10.4 Å². The van der Waals surface area contributed by atoms with E-state index in [0.29, 0.717) is 5.54 Å². The van der Waals surface area contributed by atoms with Crippen molar-refractivity contribution >= 4 is 12.4 Å². The van der Waals surface area contributed by atoms with Crippen LogP contribution in [0.25, 0.3) is 0 Å². The quantitative estimate of drug-likeness (QED) is 0.608. The topological polar surface area (TPSA) is 32.3 Å². The third kappa shape index (κ3) is 1.93. The van der Waals surface area contributed by atoms with Gasteiger partial charge in [-0.1, -0.05) is 0 Å². The molecule has 0 radical (unpaired) electrons. The number of halogens is 1. The summed E-state index contributed by atoms with van der Waals surface area (Å²) in [7, 11) is 0. The van der Waals surface area contributed by atoms with Gasteiger partial charge in [0.15, 0.2) is 0 Å². The highest BCUT2D eigenvalue weighted by molar-refractivity contribution is 5.85. The fourth-order valence-corrected chi connectivity index (χ4v) is 2.41. The second kappa shape index (κ2) is 2.86. The van der Waals surface area contributed by atoms with Crippen molar-refractivity contribution in [1.82, 2.24) is 5.32 Å². The van der Waals surface area contributed by atoms with Crippen molar-refractivity contribution in [3.8, 4) is 0 Å². The molecule has 0 bridgehead atoms. The van der Waals surface area contributed by atoms with Crippen LogP contribution in [0, 0.1) is 0 Å². The third-order valence-corrected chi connectivity index (χ3v) is 2.83. The molecule has 2 N–H and O–H groups in total. The lowest BCUT2D eigenvalue weighted by Crippen LogP contribution is -2.55. The van der Waals surface area contributed by atoms with Crippen molar-refractivity contribution in [2.75, 3.05) is 0 Å². The van der Waals surface area contributed by atoms with Gasteiger partial charge in [0.1, 0.15) is 0 Å². The molecule has 1 saturated heterocycles. The fourth-order valence-electron chi connectivity index (χ4n) is 2.41. The molecule has 1 saturated carbocycles. The van der Waals surface area contributed by atoms with Gasteiger partial charge in [0.2, 0.25) is 0 Å². The zero-order valence-corrected chi connectivity index (χ0v) is 8.58. The Morgan fingerprint density at radius 2 is 1.83 bits per heavy atom. The normalized spacial score (nSPS) is 35.8. The minimum Gasteiger partial charge on any atom is -0.393 e. The highest BCUT2D eigenvalue weighted by Crippen LogP contribution is 2.45. The summed E-state index contributed by atoms with van der Waals surface area (Å²) in [5.74, 6) is 0. The predicted octanol–water partition coefficient (Wildman–Crippen LogP) is 1.46. The summed E-state index contributed by atoms with van der Waals surface area (Å²) >= 11 is 0. The van der Waals surface area contributed by atoms with E-state index in [0.717, 1.165) is 12.8 Å². The van der Waals surface area contributed by atoms with Crippen molar-refractivity contribution in [2.45, 2.75) is 56.7 Å². The molecule has 2 fully saturated rings. The standard InChI is InChI=1S/C9H17NO.ClH/c1-8(2)5-7(11)6-9(10-8)3-4-9;/h7,10-11H,3-6H2,1-2H3;1H. The van der Waals surface area contributed by atoms with Crippen LogP contribution >= 0.6 is 12.4 Å². The Labute approximate surface area is 80.1 Å². The second-order valence-corrected chi connectivity index (χ2v) is 4.85. The Kier molecular flexibility index (Phi) is 2.45. The lowest BCUT2D eigenvalue weighted by atomic mass is 9.86. The molecule has 0 aromatic carbocycles. The van der Waals surface area contributed by atoms with Crippen molar-refractivity contribution in [3.63, 3.8) is 0 Å². The summed E-state index contributed by atoms with van der Waals surface area (Å²) in [5.41, 5.74) is 0.481. The van der Waals surface area contributed by atoms with Gasteiger partial charge in [-0.05, 0) is 39.5 Å². The minimum absolute atomic E-state index is 0. The average Bonchev–Trinajstić information content (AvgIpc) is 2.41. The van der Waals surface area contributed by atoms with Crippen LogP contribution in [-0.2, 0) is 0 Å². The van der Waals surface area contributed by atoms with E-state index in [2.05, 4.69) is 19.2 Å². The number of aliphatic hydroxyl groups is 1. The van der Waals surface area contributed by atoms with E-state index < -0.39 is 0 Å². The van der Waals surface area contributed by atoms with E-state index in [9.17, 15) is 5.11 Å². The van der Waals surface area contributed by atoms with Crippen LogP contribution in [-0.4, -0.2) is 22.3 Å². The molecule has 1 heterocycles. The van der Waals surface area contributed by atoms with Gasteiger partial charge in [-0.25, -0.2) is 0 Å². The molecule has 1 aliphatic heterocycles. The maximum atomic E-state index is 9.58. The summed E-state index contributed by atoms with van der Waals surface area (Å²) in [6.07, 6.45) is 4.31. The van der Waals surface area contributed by atoms with Crippen LogP contribution < -0.4 is 5.32 Å². The van der Waals surface area contributed by atoms with E-state index in [1.807, 2.05) is 0 Å². The molecular formula is C9H18ClNO. The Bertz CT molecular complexity index is 171. The number of aliphatic hydroxyl groups excluding tert-OH is 1. The minimum atomic E-state index is -0.0752. The highest BCUT2D eigenvalue weighted by atomic mass is 35.5. The third-order valence-electron chi connectivity index (χ3n) is 2.83. The maximum absolute atomic E-state index is 9.58. The molecule has 1 spiro atoms. The van der Waals surface area contributed by atoms with Gasteiger partial charge in [0.05, 0.1) is 6.10 Å². The van der Waals surface area contributed by atoms with E-state index in [1.54, 1.807) is 0 Å².